The third-order valence-electron chi connectivity index (χ3n) is 3.57. The van der Waals surface area contributed by atoms with E-state index in [0.717, 1.165) is 25.9 Å². The number of ether oxygens (including phenoxy) is 1. The standard InChI is InChI=1S/C12H19N3O3/c16-8-5-10(13-7-8)12-14-11(15-18-12)6-9-3-1-2-4-17-9/h8-10,13,16H,1-7H2/t8?,9?,10-/m0/s1. The van der Waals surface area contributed by atoms with Crippen molar-refractivity contribution in [2.24, 2.45) is 0 Å². The van der Waals surface area contributed by atoms with Crippen LogP contribution in [0.3, 0.4) is 0 Å². The van der Waals surface area contributed by atoms with Crippen LogP contribution in [-0.4, -0.2) is 40.6 Å². The van der Waals surface area contributed by atoms with Gasteiger partial charge < -0.3 is 19.7 Å². The van der Waals surface area contributed by atoms with Crippen LogP contribution in [0, 0.1) is 0 Å². The Morgan fingerprint density at radius 2 is 2.33 bits per heavy atom. The highest BCUT2D eigenvalue weighted by atomic mass is 16.5. The Morgan fingerprint density at radius 1 is 1.39 bits per heavy atom. The first-order chi connectivity index (χ1) is 8.81. The van der Waals surface area contributed by atoms with Crippen molar-refractivity contribution in [2.75, 3.05) is 13.2 Å². The molecule has 0 radical (unpaired) electrons. The summed E-state index contributed by atoms with van der Waals surface area (Å²) >= 11 is 0. The first-order valence-electron chi connectivity index (χ1n) is 6.67. The van der Waals surface area contributed by atoms with E-state index in [9.17, 15) is 5.11 Å². The van der Waals surface area contributed by atoms with E-state index in [1.807, 2.05) is 0 Å². The zero-order valence-corrected chi connectivity index (χ0v) is 10.3. The van der Waals surface area contributed by atoms with Crippen molar-refractivity contribution in [3.05, 3.63) is 11.7 Å². The van der Waals surface area contributed by atoms with Crippen molar-refractivity contribution in [2.45, 2.75) is 50.4 Å². The summed E-state index contributed by atoms with van der Waals surface area (Å²) in [6.07, 6.45) is 4.71. The maximum absolute atomic E-state index is 9.46. The van der Waals surface area contributed by atoms with Gasteiger partial charge in [0.25, 0.3) is 0 Å². The van der Waals surface area contributed by atoms with Gasteiger partial charge in [-0.15, -0.1) is 0 Å². The summed E-state index contributed by atoms with van der Waals surface area (Å²) in [6, 6.07) is -0.00600. The van der Waals surface area contributed by atoms with Gasteiger partial charge in [0.1, 0.15) is 0 Å². The molecule has 0 amide bonds. The van der Waals surface area contributed by atoms with Crippen LogP contribution in [0.4, 0.5) is 0 Å². The molecule has 0 spiro atoms. The SMILES string of the molecule is OC1CN[C@H](c2nc(CC3CCCCO3)no2)C1. The molecule has 2 fully saturated rings. The molecule has 100 valence electrons. The van der Waals surface area contributed by atoms with Crippen molar-refractivity contribution in [3.63, 3.8) is 0 Å². The minimum absolute atomic E-state index is 0.00600. The van der Waals surface area contributed by atoms with Crippen molar-refractivity contribution in [3.8, 4) is 0 Å². The maximum Gasteiger partial charge on any atom is 0.243 e. The van der Waals surface area contributed by atoms with Gasteiger partial charge in [-0.1, -0.05) is 5.16 Å². The van der Waals surface area contributed by atoms with E-state index in [4.69, 9.17) is 9.26 Å². The second-order valence-electron chi connectivity index (χ2n) is 5.09. The number of aliphatic hydroxyl groups is 1. The summed E-state index contributed by atoms with van der Waals surface area (Å²) in [5, 5.41) is 16.6. The number of hydrogen-bond acceptors (Lipinski definition) is 6. The maximum atomic E-state index is 9.46. The molecule has 2 aliphatic rings. The molecule has 6 heteroatoms. The molecule has 2 N–H and O–H groups in total. The van der Waals surface area contributed by atoms with Gasteiger partial charge in [0.2, 0.25) is 5.89 Å². The van der Waals surface area contributed by atoms with Crippen LogP contribution in [0.1, 0.15) is 43.4 Å². The Morgan fingerprint density at radius 3 is 3.06 bits per heavy atom. The molecule has 0 saturated carbocycles. The van der Waals surface area contributed by atoms with Crippen molar-refractivity contribution < 1.29 is 14.4 Å². The van der Waals surface area contributed by atoms with Crippen LogP contribution in [0.5, 0.6) is 0 Å². The van der Waals surface area contributed by atoms with Crippen LogP contribution in [0.25, 0.3) is 0 Å². The molecule has 3 heterocycles. The van der Waals surface area contributed by atoms with Gasteiger partial charge in [-0.05, 0) is 25.7 Å². The quantitative estimate of drug-likeness (QED) is 0.820. The van der Waals surface area contributed by atoms with Crippen LogP contribution < -0.4 is 5.32 Å². The zero-order valence-electron chi connectivity index (χ0n) is 10.3. The van der Waals surface area contributed by atoms with Gasteiger partial charge in [0, 0.05) is 19.6 Å². The lowest BCUT2D eigenvalue weighted by Gasteiger charge is -2.20. The van der Waals surface area contributed by atoms with Crippen LogP contribution in [-0.2, 0) is 11.2 Å². The summed E-state index contributed by atoms with van der Waals surface area (Å²) in [7, 11) is 0. The molecule has 2 unspecified atom stereocenters. The Hall–Kier alpha value is -0.980. The minimum Gasteiger partial charge on any atom is -0.392 e. The lowest BCUT2D eigenvalue weighted by atomic mass is 10.1. The summed E-state index contributed by atoms with van der Waals surface area (Å²) in [5.74, 6) is 1.29. The largest absolute Gasteiger partial charge is 0.392 e. The van der Waals surface area contributed by atoms with Crippen LogP contribution in [0.15, 0.2) is 4.52 Å². The van der Waals surface area contributed by atoms with Crippen molar-refractivity contribution in [1.29, 1.82) is 0 Å². The second-order valence-corrected chi connectivity index (χ2v) is 5.09. The van der Waals surface area contributed by atoms with E-state index >= 15 is 0 Å². The normalized spacial score (nSPS) is 32.8. The molecule has 0 bridgehead atoms. The number of aliphatic hydroxyl groups excluding tert-OH is 1. The van der Waals surface area contributed by atoms with Crippen molar-refractivity contribution in [1.82, 2.24) is 15.5 Å². The minimum atomic E-state index is -0.313. The predicted molar refractivity (Wildman–Crippen MR) is 63.0 cm³/mol. The number of nitrogens with zero attached hydrogens (tertiary/aromatic N) is 2. The predicted octanol–water partition coefficient (Wildman–Crippen LogP) is 0.576. The van der Waals surface area contributed by atoms with E-state index in [2.05, 4.69) is 15.5 Å². The average Bonchev–Trinajstić information content (AvgIpc) is 2.99. The lowest BCUT2D eigenvalue weighted by molar-refractivity contribution is 0.0153. The molecule has 18 heavy (non-hydrogen) atoms. The third-order valence-corrected chi connectivity index (χ3v) is 3.57. The fraction of sp³-hybridized carbons (Fsp3) is 0.833. The number of rotatable bonds is 3. The number of β-amino-alcohol motifs (C(OH)–C–C–N with tert-alkyl or cyclic N) is 1. The van der Waals surface area contributed by atoms with Gasteiger partial charge in [-0.2, -0.15) is 4.98 Å². The van der Waals surface area contributed by atoms with Gasteiger partial charge in [-0.25, -0.2) is 0 Å². The Balaban J connectivity index is 1.59. The van der Waals surface area contributed by atoms with Crippen LogP contribution >= 0.6 is 0 Å². The number of aromatic nitrogens is 2. The number of nitrogens with one attached hydrogen (secondary N) is 1. The fourth-order valence-electron chi connectivity index (χ4n) is 2.57. The molecular weight excluding hydrogens is 234 g/mol. The summed E-state index contributed by atoms with van der Waals surface area (Å²) in [4.78, 5) is 4.39. The molecule has 3 rings (SSSR count). The van der Waals surface area contributed by atoms with Gasteiger partial charge in [0.05, 0.1) is 18.2 Å². The molecule has 3 atom stereocenters. The first kappa shape index (κ1) is 12.1. The van der Waals surface area contributed by atoms with E-state index in [-0.39, 0.29) is 18.2 Å². The highest BCUT2D eigenvalue weighted by Crippen LogP contribution is 2.22. The number of hydrogen-bond donors (Lipinski definition) is 2. The highest BCUT2D eigenvalue weighted by Gasteiger charge is 2.28. The van der Waals surface area contributed by atoms with Gasteiger partial charge in [-0.3, -0.25) is 0 Å². The molecule has 1 aromatic heterocycles. The average molecular weight is 253 g/mol. The van der Waals surface area contributed by atoms with E-state index in [1.54, 1.807) is 0 Å². The third kappa shape index (κ3) is 2.71. The molecule has 6 nitrogen and oxygen atoms in total. The first-order valence-corrected chi connectivity index (χ1v) is 6.67. The molecule has 1 aromatic rings. The van der Waals surface area contributed by atoms with Gasteiger partial charge >= 0.3 is 0 Å². The topological polar surface area (TPSA) is 80.4 Å². The molecular formula is C12H19N3O3. The zero-order chi connectivity index (χ0) is 12.4. The van der Waals surface area contributed by atoms with E-state index < -0.39 is 0 Å². The van der Waals surface area contributed by atoms with E-state index in [1.165, 1.54) is 6.42 Å². The second kappa shape index (κ2) is 5.34. The van der Waals surface area contributed by atoms with Gasteiger partial charge in [0.15, 0.2) is 5.82 Å². The lowest BCUT2D eigenvalue weighted by Crippen LogP contribution is -2.22. The summed E-state index contributed by atoms with van der Waals surface area (Å²) in [6.45, 7) is 1.43. The molecule has 0 aromatic carbocycles. The Kier molecular flexibility index (Phi) is 3.58. The summed E-state index contributed by atoms with van der Waals surface area (Å²) in [5.41, 5.74) is 0. The smallest absolute Gasteiger partial charge is 0.243 e. The Bertz CT molecular complexity index is 390. The van der Waals surface area contributed by atoms with E-state index in [0.29, 0.717) is 24.7 Å². The summed E-state index contributed by atoms with van der Waals surface area (Å²) < 4.78 is 10.9. The molecule has 2 aliphatic heterocycles. The van der Waals surface area contributed by atoms with Crippen molar-refractivity contribution >= 4 is 0 Å². The Labute approximate surface area is 106 Å². The monoisotopic (exact) mass is 253 g/mol. The molecule has 0 aliphatic carbocycles. The fourth-order valence-corrected chi connectivity index (χ4v) is 2.57. The molecule has 2 saturated heterocycles. The highest BCUT2D eigenvalue weighted by molar-refractivity contribution is 4.98. The van der Waals surface area contributed by atoms with Crippen LogP contribution in [0.2, 0.25) is 0 Å².